The van der Waals surface area contributed by atoms with Crippen molar-refractivity contribution in [1.29, 1.82) is 0 Å². The van der Waals surface area contributed by atoms with Crippen LogP contribution in [0.1, 0.15) is 57.4 Å². The van der Waals surface area contributed by atoms with Gasteiger partial charge in [0.1, 0.15) is 0 Å². The van der Waals surface area contributed by atoms with Gasteiger partial charge in [0.2, 0.25) is 0 Å². The van der Waals surface area contributed by atoms with E-state index in [0.717, 1.165) is 6.42 Å². The largest absolute Gasteiger partial charge is 0.396 e. The molecule has 1 aromatic carbocycles. The van der Waals surface area contributed by atoms with Gasteiger partial charge in [-0.05, 0) is 43.1 Å². The minimum absolute atomic E-state index is 0.143. The third kappa shape index (κ3) is 2.33. The zero-order valence-electron chi connectivity index (χ0n) is 12.6. The van der Waals surface area contributed by atoms with Gasteiger partial charge in [-0.1, -0.05) is 61.7 Å². The van der Waals surface area contributed by atoms with Crippen molar-refractivity contribution in [2.24, 2.45) is 10.8 Å². The fourth-order valence-corrected chi connectivity index (χ4v) is 4.43. The van der Waals surface area contributed by atoms with Crippen LogP contribution in [0.25, 0.3) is 6.08 Å². The van der Waals surface area contributed by atoms with Crippen molar-refractivity contribution in [3.8, 4) is 0 Å². The Labute approximate surface area is 122 Å². The standard InChI is InChI=1S/C19H26O/c1-18-10-5-6-11-19(18,15-20)14-17(9-12-18)13-16-7-3-2-4-8-16/h2-4,7-8,13,20H,5-6,9-12,14-15H2,1H3/b17-13-/t18-,19-/m1/s1. The highest BCUT2D eigenvalue weighted by Gasteiger charge is 2.51. The molecular formula is C19H26O. The average Bonchev–Trinajstić information content (AvgIpc) is 2.48. The summed E-state index contributed by atoms with van der Waals surface area (Å²) >= 11 is 0. The van der Waals surface area contributed by atoms with E-state index in [-0.39, 0.29) is 5.41 Å². The smallest absolute Gasteiger partial charge is 0.0495 e. The van der Waals surface area contributed by atoms with Crippen molar-refractivity contribution in [1.82, 2.24) is 0 Å². The Morgan fingerprint density at radius 2 is 1.85 bits per heavy atom. The van der Waals surface area contributed by atoms with Gasteiger partial charge in [-0.15, -0.1) is 0 Å². The molecule has 108 valence electrons. The molecule has 2 aliphatic carbocycles. The summed E-state index contributed by atoms with van der Waals surface area (Å²) in [4.78, 5) is 0. The minimum atomic E-state index is 0.143. The molecule has 3 rings (SSSR count). The highest BCUT2D eigenvalue weighted by Crippen LogP contribution is 2.59. The molecule has 0 aromatic heterocycles. The lowest BCUT2D eigenvalue weighted by molar-refractivity contribution is -0.0636. The molecule has 0 bridgehead atoms. The Morgan fingerprint density at radius 3 is 2.60 bits per heavy atom. The van der Waals surface area contributed by atoms with Crippen LogP contribution in [-0.2, 0) is 0 Å². The number of aliphatic hydroxyl groups is 1. The third-order valence-electron chi connectivity index (χ3n) is 5.95. The number of fused-ring (bicyclic) bond motifs is 1. The Morgan fingerprint density at radius 1 is 1.10 bits per heavy atom. The zero-order valence-corrected chi connectivity index (χ0v) is 12.6. The third-order valence-corrected chi connectivity index (χ3v) is 5.95. The van der Waals surface area contributed by atoms with Gasteiger partial charge >= 0.3 is 0 Å². The molecule has 1 nitrogen and oxygen atoms in total. The average molecular weight is 270 g/mol. The van der Waals surface area contributed by atoms with Crippen LogP contribution in [0.3, 0.4) is 0 Å². The minimum Gasteiger partial charge on any atom is -0.396 e. The van der Waals surface area contributed by atoms with Crippen molar-refractivity contribution in [3.05, 3.63) is 41.5 Å². The first kappa shape index (κ1) is 13.9. The van der Waals surface area contributed by atoms with Gasteiger partial charge in [0.15, 0.2) is 0 Å². The van der Waals surface area contributed by atoms with Crippen LogP contribution in [0.5, 0.6) is 0 Å². The Hall–Kier alpha value is -1.08. The van der Waals surface area contributed by atoms with E-state index in [9.17, 15) is 5.11 Å². The summed E-state index contributed by atoms with van der Waals surface area (Å²) in [5, 5.41) is 10.1. The van der Waals surface area contributed by atoms with Crippen LogP contribution in [0.2, 0.25) is 0 Å². The highest BCUT2D eigenvalue weighted by molar-refractivity contribution is 5.53. The maximum atomic E-state index is 10.1. The number of aliphatic hydroxyl groups excluding tert-OH is 1. The van der Waals surface area contributed by atoms with Crippen molar-refractivity contribution in [2.75, 3.05) is 6.61 Å². The second-order valence-electron chi connectivity index (χ2n) is 7.10. The lowest BCUT2D eigenvalue weighted by Crippen LogP contribution is -2.48. The van der Waals surface area contributed by atoms with Crippen molar-refractivity contribution in [2.45, 2.75) is 51.9 Å². The Kier molecular flexibility index (Phi) is 3.72. The van der Waals surface area contributed by atoms with Gasteiger partial charge in [-0.2, -0.15) is 0 Å². The van der Waals surface area contributed by atoms with Crippen molar-refractivity contribution >= 4 is 6.08 Å². The summed E-state index contributed by atoms with van der Waals surface area (Å²) in [6.45, 7) is 2.78. The zero-order chi connectivity index (χ0) is 14.1. The lowest BCUT2D eigenvalue weighted by Gasteiger charge is -2.55. The summed E-state index contributed by atoms with van der Waals surface area (Å²) in [5.74, 6) is 0. The molecule has 2 fully saturated rings. The predicted molar refractivity (Wildman–Crippen MR) is 84.4 cm³/mol. The summed E-state index contributed by atoms with van der Waals surface area (Å²) in [6, 6.07) is 10.6. The second kappa shape index (κ2) is 5.37. The first-order valence-corrected chi connectivity index (χ1v) is 8.03. The quantitative estimate of drug-likeness (QED) is 0.817. The number of hydrogen-bond donors (Lipinski definition) is 1. The SMILES string of the molecule is C[C@]12CCCC[C@]1(CO)C/C(=C\c1ccccc1)CC2. The Balaban J connectivity index is 1.87. The molecule has 20 heavy (non-hydrogen) atoms. The summed E-state index contributed by atoms with van der Waals surface area (Å²) in [5.41, 5.74) is 3.33. The number of hydrogen-bond acceptors (Lipinski definition) is 1. The molecule has 2 saturated carbocycles. The molecule has 0 heterocycles. The number of allylic oxidation sites excluding steroid dienone is 1. The first-order valence-electron chi connectivity index (χ1n) is 8.03. The maximum Gasteiger partial charge on any atom is 0.0495 e. The van der Waals surface area contributed by atoms with Gasteiger partial charge < -0.3 is 5.11 Å². The Bertz CT molecular complexity index is 490. The molecule has 1 aromatic rings. The van der Waals surface area contributed by atoms with Gasteiger partial charge in [0, 0.05) is 12.0 Å². The van der Waals surface area contributed by atoms with Gasteiger partial charge in [0.25, 0.3) is 0 Å². The molecule has 2 atom stereocenters. The van der Waals surface area contributed by atoms with E-state index < -0.39 is 0 Å². The van der Waals surface area contributed by atoms with E-state index in [2.05, 4.69) is 43.3 Å². The predicted octanol–water partition coefficient (Wildman–Crippen LogP) is 4.81. The molecule has 0 saturated heterocycles. The van der Waals surface area contributed by atoms with Gasteiger partial charge in [0.05, 0.1) is 0 Å². The molecule has 0 aliphatic heterocycles. The highest BCUT2D eigenvalue weighted by atomic mass is 16.3. The van der Waals surface area contributed by atoms with E-state index in [0.29, 0.717) is 12.0 Å². The van der Waals surface area contributed by atoms with Crippen LogP contribution in [-0.4, -0.2) is 11.7 Å². The molecule has 0 radical (unpaired) electrons. The van der Waals surface area contributed by atoms with E-state index in [1.54, 1.807) is 0 Å². The number of benzene rings is 1. The summed E-state index contributed by atoms with van der Waals surface area (Å²) in [6.07, 6.45) is 11.0. The topological polar surface area (TPSA) is 20.2 Å². The maximum absolute atomic E-state index is 10.1. The summed E-state index contributed by atoms with van der Waals surface area (Å²) in [7, 11) is 0. The molecule has 1 N–H and O–H groups in total. The first-order chi connectivity index (χ1) is 9.67. The van der Waals surface area contributed by atoms with Crippen LogP contribution in [0.15, 0.2) is 35.9 Å². The van der Waals surface area contributed by atoms with E-state index in [4.69, 9.17) is 0 Å². The van der Waals surface area contributed by atoms with Crippen molar-refractivity contribution in [3.63, 3.8) is 0 Å². The molecule has 1 heteroatoms. The van der Waals surface area contributed by atoms with E-state index in [1.165, 1.54) is 49.7 Å². The molecule has 0 spiro atoms. The van der Waals surface area contributed by atoms with E-state index in [1.807, 2.05) is 0 Å². The molecule has 0 unspecified atom stereocenters. The van der Waals surface area contributed by atoms with Crippen LogP contribution in [0.4, 0.5) is 0 Å². The van der Waals surface area contributed by atoms with Gasteiger partial charge in [-0.3, -0.25) is 0 Å². The molecular weight excluding hydrogens is 244 g/mol. The monoisotopic (exact) mass is 270 g/mol. The van der Waals surface area contributed by atoms with Crippen molar-refractivity contribution < 1.29 is 5.11 Å². The lowest BCUT2D eigenvalue weighted by atomic mass is 9.50. The van der Waals surface area contributed by atoms with Crippen LogP contribution < -0.4 is 0 Å². The van der Waals surface area contributed by atoms with Crippen LogP contribution in [0, 0.1) is 10.8 Å². The summed E-state index contributed by atoms with van der Waals surface area (Å²) < 4.78 is 0. The normalized spacial score (nSPS) is 35.8. The van der Waals surface area contributed by atoms with Gasteiger partial charge in [-0.25, -0.2) is 0 Å². The molecule has 2 aliphatic rings. The number of rotatable bonds is 2. The fraction of sp³-hybridized carbons (Fsp3) is 0.579. The van der Waals surface area contributed by atoms with Crippen LogP contribution >= 0.6 is 0 Å². The fourth-order valence-electron chi connectivity index (χ4n) is 4.43. The van der Waals surface area contributed by atoms with E-state index >= 15 is 0 Å². The second-order valence-corrected chi connectivity index (χ2v) is 7.10. The molecule has 0 amide bonds.